The van der Waals surface area contributed by atoms with Gasteiger partial charge in [-0.3, -0.25) is 18.8 Å². The number of halogens is 4. The predicted octanol–water partition coefficient (Wildman–Crippen LogP) is 4.47. The number of hydrogen-bond acceptors (Lipinski definition) is 8. The van der Waals surface area contributed by atoms with Crippen LogP contribution < -0.4 is 17.0 Å². The molecule has 1 saturated heterocycles. The van der Waals surface area contributed by atoms with Crippen LogP contribution in [0.25, 0.3) is 11.0 Å². The van der Waals surface area contributed by atoms with Crippen molar-refractivity contribution >= 4 is 11.0 Å². The quantitative estimate of drug-likeness (QED) is 0.256. The maximum Gasteiger partial charge on any atom is 0.416 e. The van der Waals surface area contributed by atoms with Gasteiger partial charge in [0.15, 0.2) is 0 Å². The number of hydrogen-bond donors (Lipinski definition) is 1. The van der Waals surface area contributed by atoms with E-state index in [2.05, 4.69) is 15.2 Å². The number of piperidine rings is 1. The summed E-state index contributed by atoms with van der Waals surface area (Å²) in [4.78, 5) is 30.4. The minimum absolute atomic E-state index is 0.146. The van der Waals surface area contributed by atoms with E-state index in [1.807, 2.05) is 12.1 Å². The van der Waals surface area contributed by atoms with E-state index in [9.17, 15) is 22.8 Å². The SMILES string of the molecule is NC(Cn1c(=O)c2c(n(Cc3c(F)cccc3C(F)(F)F)c1=O)COC21CCN(Cc2cccc3nonc23)CC1)c1ccccc1. The summed E-state index contributed by atoms with van der Waals surface area (Å²) >= 11 is 0. The number of rotatable bonds is 7. The Morgan fingerprint density at radius 1 is 0.915 bits per heavy atom. The molecule has 1 fully saturated rings. The molecule has 10 nitrogen and oxygen atoms in total. The van der Waals surface area contributed by atoms with Gasteiger partial charge in [-0.1, -0.05) is 48.5 Å². The van der Waals surface area contributed by atoms with Crippen LogP contribution in [0.4, 0.5) is 17.6 Å². The lowest BCUT2D eigenvalue weighted by Crippen LogP contribution is -2.49. The monoisotopic (exact) mass is 650 g/mol. The molecule has 0 saturated carbocycles. The molecule has 1 spiro atoms. The molecular weight excluding hydrogens is 620 g/mol. The zero-order valence-electron chi connectivity index (χ0n) is 25.0. The molecule has 2 aliphatic heterocycles. The second-order valence-electron chi connectivity index (χ2n) is 12.0. The molecule has 4 heterocycles. The average Bonchev–Trinajstić information content (AvgIpc) is 3.69. The van der Waals surface area contributed by atoms with E-state index in [4.69, 9.17) is 15.1 Å². The highest BCUT2D eigenvalue weighted by molar-refractivity contribution is 5.76. The molecule has 1 unspecified atom stereocenters. The number of alkyl halides is 3. The van der Waals surface area contributed by atoms with Crippen LogP contribution in [0.2, 0.25) is 0 Å². The van der Waals surface area contributed by atoms with E-state index in [1.54, 1.807) is 36.4 Å². The maximum absolute atomic E-state index is 15.1. The van der Waals surface area contributed by atoms with Crippen LogP contribution >= 0.6 is 0 Å². The zero-order valence-corrected chi connectivity index (χ0v) is 25.0. The first kappa shape index (κ1) is 31.0. The molecule has 244 valence electrons. The second kappa shape index (κ2) is 11.9. The molecule has 0 amide bonds. The molecular formula is C33H30F4N6O4. The lowest BCUT2D eigenvalue weighted by atomic mass is 9.85. The van der Waals surface area contributed by atoms with Crippen molar-refractivity contribution in [2.24, 2.45) is 5.73 Å². The Morgan fingerprint density at radius 3 is 2.40 bits per heavy atom. The lowest BCUT2D eigenvalue weighted by molar-refractivity contribution is -0.138. The molecule has 0 bridgehead atoms. The molecule has 47 heavy (non-hydrogen) atoms. The summed E-state index contributed by atoms with van der Waals surface area (Å²) < 4.78 is 70.2. The van der Waals surface area contributed by atoms with Crippen molar-refractivity contribution in [2.75, 3.05) is 13.1 Å². The number of nitrogens with zero attached hydrogens (tertiary/aromatic N) is 5. The van der Waals surface area contributed by atoms with Gasteiger partial charge in [0.1, 0.15) is 22.5 Å². The largest absolute Gasteiger partial charge is 0.416 e. The van der Waals surface area contributed by atoms with E-state index in [-0.39, 0.29) is 24.4 Å². The minimum atomic E-state index is -4.87. The highest BCUT2D eigenvalue weighted by Crippen LogP contribution is 2.43. The topological polar surface area (TPSA) is 121 Å². The summed E-state index contributed by atoms with van der Waals surface area (Å²) in [5, 5.41) is 7.91. The molecule has 2 aromatic heterocycles. The van der Waals surface area contributed by atoms with Crippen molar-refractivity contribution in [2.45, 2.75) is 56.9 Å². The van der Waals surface area contributed by atoms with Crippen LogP contribution in [-0.4, -0.2) is 37.4 Å². The van der Waals surface area contributed by atoms with Gasteiger partial charge in [0.25, 0.3) is 5.56 Å². The lowest BCUT2D eigenvalue weighted by Gasteiger charge is -2.39. The third kappa shape index (κ3) is 5.55. The van der Waals surface area contributed by atoms with Crippen LogP contribution in [0.15, 0.2) is 80.9 Å². The Hall–Kier alpha value is -4.66. The van der Waals surface area contributed by atoms with Gasteiger partial charge >= 0.3 is 11.9 Å². The van der Waals surface area contributed by atoms with Crippen LogP contribution in [0.3, 0.4) is 0 Å². The van der Waals surface area contributed by atoms with Gasteiger partial charge < -0.3 is 10.5 Å². The third-order valence-corrected chi connectivity index (χ3v) is 9.25. The van der Waals surface area contributed by atoms with Crippen LogP contribution in [-0.2, 0) is 42.8 Å². The predicted molar refractivity (Wildman–Crippen MR) is 162 cm³/mol. The van der Waals surface area contributed by atoms with Gasteiger partial charge in [-0.25, -0.2) is 13.8 Å². The van der Waals surface area contributed by atoms with Gasteiger partial charge in [-0.05, 0) is 52.5 Å². The van der Waals surface area contributed by atoms with Gasteiger partial charge in [-0.2, -0.15) is 13.2 Å². The summed E-state index contributed by atoms with van der Waals surface area (Å²) in [5.74, 6) is -1.11. The first-order chi connectivity index (χ1) is 22.6. The molecule has 14 heteroatoms. The smallest absolute Gasteiger partial charge is 0.364 e. The number of ether oxygens (including phenoxy) is 1. The van der Waals surface area contributed by atoms with Crippen LogP contribution in [0.1, 0.15) is 52.4 Å². The Morgan fingerprint density at radius 2 is 1.66 bits per heavy atom. The minimum Gasteiger partial charge on any atom is -0.364 e. The number of nitrogens with two attached hydrogens (primary N) is 1. The highest BCUT2D eigenvalue weighted by Gasteiger charge is 2.47. The van der Waals surface area contributed by atoms with Crippen LogP contribution in [0, 0.1) is 5.82 Å². The van der Waals surface area contributed by atoms with Crippen molar-refractivity contribution in [3.05, 3.63) is 127 Å². The Balaban J connectivity index is 1.28. The number of fused-ring (bicyclic) bond motifs is 3. The van der Waals surface area contributed by atoms with Crippen molar-refractivity contribution in [3.8, 4) is 0 Å². The van der Waals surface area contributed by atoms with Crippen molar-refractivity contribution in [1.82, 2.24) is 24.3 Å². The molecule has 0 radical (unpaired) electrons. The molecule has 2 aliphatic rings. The number of aromatic nitrogens is 4. The number of benzene rings is 3. The fraction of sp³-hybridized carbons (Fsp3) is 0.333. The summed E-state index contributed by atoms with van der Waals surface area (Å²) in [5.41, 5.74) is 5.17. The standard InChI is InChI=1S/C33H30F4N6O4/c34-24-10-5-9-23(33(35,36)37)22(24)17-42-27-19-46-32(12-14-41(15-13-32)16-21-8-4-11-26-29(21)40-47-39-26)28(27)30(44)43(31(42)45)18-25(38)20-6-2-1-3-7-20/h1-11,25H,12-19,38H2. The molecule has 7 rings (SSSR count). The van der Waals surface area contributed by atoms with E-state index in [0.29, 0.717) is 49.1 Å². The molecule has 5 aromatic rings. The van der Waals surface area contributed by atoms with E-state index < -0.39 is 52.6 Å². The normalized spacial score (nSPS) is 17.0. The second-order valence-corrected chi connectivity index (χ2v) is 12.0. The Labute approximate surface area is 264 Å². The molecule has 1 atom stereocenters. The summed E-state index contributed by atoms with van der Waals surface area (Å²) in [6.07, 6.45) is -4.12. The first-order valence-electron chi connectivity index (χ1n) is 15.1. The molecule has 3 aromatic carbocycles. The van der Waals surface area contributed by atoms with Gasteiger partial charge in [0, 0.05) is 31.2 Å². The average molecular weight is 651 g/mol. The fourth-order valence-electron chi connectivity index (χ4n) is 6.79. The van der Waals surface area contributed by atoms with Gasteiger partial charge in [0.05, 0.1) is 36.5 Å². The Bertz CT molecular complexity index is 2070. The molecule has 2 N–H and O–H groups in total. The summed E-state index contributed by atoms with van der Waals surface area (Å²) in [6.45, 7) is 0.382. The van der Waals surface area contributed by atoms with E-state index in [1.165, 1.54) is 0 Å². The first-order valence-corrected chi connectivity index (χ1v) is 15.1. The number of likely N-dealkylation sites (tertiary alicyclic amines) is 1. The van der Waals surface area contributed by atoms with Crippen molar-refractivity contribution < 1.29 is 26.9 Å². The van der Waals surface area contributed by atoms with Crippen molar-refractivity contribution in [1.29, 1.82) is 0 Å². The highest BCUT2D eigenvalue weighted by atomic mass is 19.4. The summed E-state index contributed by atoms with van der Waals surface area (Å²) in [6, 6.07) is 16.3. The zero-order chi connectivity index (χ0) is 32.9. The Kier molecular flexibility index (Phi) is 7.81. The summed E-state index contributed by atoms with van der Waals surface area (Å²) in [7, 11) is 0. The van der Waals surface area contributed by atoms with Crippen molar-refractivity contribution in [3.63, 3.8) is 0 Å². The maximum atomic E-state index is 15.1. The van der Waals surface area contributed by atoms with Crippen LogP contribution in [0.5, 0.6) is 0 Å². The molecule has 0 aliphatic carbocycles. The van der Waals surface area contributed by atoms with E-state index >= 15 is 4.39 Å². The van der Waals surface area contributed by atoms with Gasteiger partial charge in [-0.15, -0.1) is 0 Å². The fourth-order valence-corrected chi connectivity index (χ4v) is 6.79. The van der Waals surface area contributed by atoms with E-state index in [0.717, 1.165) is 32.9 Å². The third-order valence-electron chi connectivity index (χ3n) is 9.25. The van der Waals surface area contributed by atoms with Gasteiger partial charge in [0.2, 0.25) is 0 Å².